The summed E-state index contributed by atoms with van der Waals surface area (Å²) in [5.74, 6) is -1.72. The summed E-state index contributed by atoms with van der Waals surface area (Å²) in [6.07, 6.45) is 0.300. The molecule has 0 saturated carbocycles. The van der Waals surface area contributed by atoms with E-state index < -0.39 is 21.0 Å². The third-order valence-electron chi connectivity index (χ3n) is 2.21. The van der Waals surface area contributed by atoms with Crippen molar-refractivity contribution in [2.75, 3.05) is 0 Å². The van der Waals surface area contributed by atoms with Gasteiger partial charge in [0.2, 0.25) is 9.04 Å². The molecule has 0 aromatic carbocycles. The van der Waals surface area contributed by atoms with Crippen molar-refractivity contribution < 1.29 is 23.5 Å². The van der Waals surface area contributed by atoms with E-state index in [9.17, 15) is 9.59 Å². The van der Waals surface area contributed by atoms with Gasteiger partial charge in [0.05, 0.1) is 6.42 Å². The van der Waals surface area contributed by atoms with Crippen molar-refractivity contribution in [2.24, 2.45) is 0 Å². The van der Waals surface area contributed by atoms with Crippen LogP contribution in [0.2, 0.25) is 6.55 Å². The second-order valence-corrected chi connectivity index (χ2v) is 7.51. The quantitative estimate of drug-likeness (QED) is 0.381. The van der Waals surface area contributed by atoms with E-state index in [4.69, 9.17) is 14.0 Å². The van der Waals surface area contributed by atoms with E-state index in [0.717, 1.165) is 0 Å². The van der Waals surface area contributed by atoms with Gasteiger partial charge in [-0.2, -0.15) is 0 Å². The number of esters is 1. The molecule has 1 N–H and O–H groups in total. The Morgan fingerprint density at radius 1 is 1.56 bits per heavy atom. The molecule has 0 bridgehead atoms. The molecule has 2 atom stereocenters. The number of hydrogen-bond acceptors (Lipinski definition) is 4. The molecule has 2 unspecified atom stereocenters. The number of carboxylic acid groups (broad SMARTS) is 1. The number of rotatable bonds is 7. The van der Waals surface area contributed by atoms with Crippen molar-refractivity contribution in [2.45, 2.75) is 32.0 Å². The average Bonchev–Trinajstić information content (AvgIpc) is 2.23. The third-order valence-corrected chi connectivity index (χ3v) is 6.84. The van der Waals surface area contributed by atoms with E-state index in [1.54, 1.807) is 0 Å². The highest BCUT2D eigenvalue weighted by Crippen LogP contribution is 2.09. The van der Waals surface area contributed by atoms with Gasteiger partial charge in [-0.15, -0.1) is 0 Å². The highest BCUT2D eigenvalue weighted by Gasteiger charge is 2.23. The van der Waals surface area contributed by atoms with Crippen LogP contribution in [-0.2, 0) is 18.4 Å². The van der Waals surface area contributed by atoms with Crippen LogP contribution in [0.15, 0.2) is 12.2 Å². The van der Waals surface area contributed by atoms with Crippen LogP contribution < -0.4 is 0 Å². The highest BCUT2D eigenvalue weighted by molar-refractivity contribution is 6.55. The smallest absolute Gasteiger partial charge is 0.334 e. The predicted molar refractivity (Wildman–Crippen MR) is 65.6 cm³/mol. The number of carboxylic acids is 1. The lowest BCUT2D eigenvalue weighted by molar-refractivity contribution is -0.144. The molecule has 0 aliphatic carbocycles. The summed E-state index contributed by atoms with van der Waals surface area (Å²) in [6, 6.07) is 0. The van der Waals surface area contributed by atoms with Gasteiger partial charge in [-0.1, -0.05) is 13.5 Å². The van der Waals surface area contributed by atoms with Crippen molar-refractivity contribution in [1.29, 1.82) is 0 Å². The van der Waals surface area contributed by atoms with Crippen LogP contribution in [0.3, 0.4) is 0 Å². The molecule has 0 radical (unpaired) electrons. The Bertz CT molecular complexity index is 279. The minimum atomic E-state index is -1.50. The summed E-state index contributed by atoms with van der Waals surface area (Å²) in [5.41, 5.74) is -0.240. The van der Waals surface area contributed by atoms with Crippen molar-refractivity contribution >= 4 is 31.5 Å². The molecular formula is C9H18O5Si2. The topological polar surface area (TPSA) is 72.8 Å². The zero-order valence-corrected chi connectivity index (χ0v) is 13.0. The van der Waals surface area contributed by atoms with Gasteiger partial charge in [0, 0.05) is 5.57 Å². The number of carbonyl (C=O) groups excluding carboxylic acids is 1. The Kier molecular flexibility index (Phi) is 6.94. The van der Waals surface area contributed by atoms with Crippen LogP contribution in [0, 0.1) is 0 Å². The van der Waals surface area contributed by atoms with Crippen molar-refractivity contribution in [1.82, 2.24) is 0 Å². The molecule has 92 valence electrons. The summed E-state index contributed by atoms with van der Waals surface area (Å²) >= 11 is 0. The Morgan fingerprint density at radius 3 is 2.50 bits per heavy atom. The zero-order valence-electron chi connectivity index (χ0n) is 9.86. The van der Waals surface area contributed by atoms with Crippen molar-refractivity contribution in [3.63, 3.8) is 0 Å². The summed E-state index contributed by atoms with van der Waals surface area (Å²) in [7, 11) is -0.875. The number of aliphatic carboxylic acids is 1. The maximum Gasteiger partial charge on any atom is 0.334 e. The molecular weight excluding hydrogens is 244 g/mol. The average molecular weight is 262 g/mol. The maximum atomic E-state index is 11.5. The van der Waals surface area contributed by atoms with E-state index in [1.165, 1.54) is 0 Å². The fourth-order valence-electron chi connectivity index (χ4n) is 1.14. The molecule has 0 spiro atoms. The lowest BCUT2D eigenvalue weighted by atomic mass is 10.2. The summed E-state index contributed by atoms with van der Waals surface area (Å²) in [6.45, 7) is 7.25. The Labute approximate surface area is 99.7 Å². The number of carbonyl (C=O) groups is 2. The molecule has 0 aliphatic rings. The Morgan fingerprint density at radius 2 is 2.12 bits per heavy atom. The lowest BCUT2D eigenvalue weighted by Gasteiger charge is -2.21. The molecule has 0 aromatic heterocycles. The Balaban J connectivity index is 4.30. The largest absolute Gasteiger partial charge is 0.481 e. The van der Waals surface area contributed by atoms with Gasteiger partial charge < -0.3 is 14.0 Å². The van der Waals surface area contributed by atoms with E-state index >= 15 is 0 Å². The molecule has 0 fully saturated rings. The SMILES string of the molecule is C=C(CC(=O)O)C(=O)OC(CC)[SiH](C)O[SiH3]. The van der Waals surface area contributed by atoms with Gasteiger partial charge in [-0.25, -0.2) is 4.79 Å². The molecule has 0 aromatic rings. The first-order valence-electron chi connectivity index (χ1n) is 5.05. The summed E-state index contributed by atoms with van der Waals surface area (Å²) in [4.78, 5) is 21.8. The van der Waals surface area contributed by atoms with Crippen LogP contribution >= 0.6 is 0 Å². The monoisotopic (exact) mass is 262 g/mol. The molecule has 0 amide bonds. The first kappa shape index (κ1) is 15.1. The molecule has 7 heteroatoms. The third kappa shape index (κ3) is 5.24. The first-order valence-corrected chi connectivity index (χ1v) is 8.16. The second-order valence-electron chi connectivity index (χ2n) is 3.47. The van der Waals surface area contributed by atoms with Crippen LogP contribution in [0.25, 0.3) is 0 Å². The van der Waals surface area contributed by atoms with Gasteiger partial charge in [-0.3, -0.25) is 4.79 Å². The van der Waals surface area contributed by atoms with Gasteiger partial charge >= 0.3 is 11.9 Å². The normalized spacial score (nSPS) is 14.1. The van der Waals surface area contributed by atoms with Crippen LogP contribution in [0.4, 0.5) is 0 Å². The van der Waals surface area contributed by atoms with Crippen molar-refractivity contribution in [3.8, 4) is 0 Å². The molecule has 0 rings (SSSR count). The fraction of sp³-hybridized carbons (Fsp3) is 0.556. The maximum absolute atomic E-state index is 11.5. The van der Waals surface area contributed by atoms with Gasteiger partial charge in [0.25, 0.3) is 0 Å². The van der Waals surface area contributed by atoms with E-state index in [0.29, 0.717) is 16.9 Å². The number of ether oxygens (including phenoxy) is 1. The fourth-order valence-corrected chi connectivity index (χ4v) is 3.33. The molecule has 0 saturated heterocycles. The van der Waals surface area contributed by atoms with E-state index in [-0.39, 0.29) is 17.7 Å². The lowest BCUT2D eigenvalue weighted by Crippen LogP contribution is -2.35. The highest BCUT2D eigenvalue weighted by atomic mass is 28.3. The zero-order chi connectivity index (χ0) is 12.7. The van der Waals surface area contributed by atoms with E-state index in [2.05, 4.69) is 6.58 Å². The summed E-state index contributed by atoms with van der Waals surface area (Å²) in [5, 5.41) is 8.50. The standard InChI is InChI=1S/C9H18O5Si2/c1-4-8(16(3)14-15)13-9(12)6(2)5-7(10)11/h8,16H,2,4-5H2,1,3,15H3,(H,10,11). The molecule has 0 heterocycles. The van der Waals surface area contributed by atoms with Gasteiger partial charge in [0.1, 0.15) is 16.2 Å². The first-order chi connectivity index (χ1) is 7.42. The second kappa shape index (κ2) is 7.36. The molecule has 0 aliphatic heterocycles. The summed E-state index contributed by atoms with van der Waals surface area (Å²) < 4.78 is 10.5. The Hall–Kier alpha value is -0.926. The van der Waals surface area contributed by atoms with Crippen molar-refractivity contribution in [3.05, 3.63) is 12.2 Å². The van der Waals surface area contributed by atoms with Gasteiger partial charge in [-0.05, 0) is 13.0 Å². The van der Waals surface area contributed by atoms with Crippen LogP contribution in [0.5, 0.6) is 0 Å². The van der Waals surface area contributed by atoms with Crippen LogP contribution in [-0.4, -0.2) is 42.3 Å². The van der Waals surface area contributed by atoms with E-state index in [1.807, 2.05) is 13.5 Å². The number of hydrogen-bond donors (Lipinski definition) is 1. The van der Waals surface area contributed by atoms with Crippen LogP contribution in [0.1, 0.15) is 19.8 Å². The molecule has 5 nitrogen and oxygen atoms in total. The minimum absolute atomic E-state index is 0.0273. The molecule has 16 heavy (non-hydrogen) atoms. The minimum Gasteiger partial charge on any atom is -0.481 e. The predicted octanol–water partition coefficient (Wildman–Crippen LogP) is -0.471. The van der Waals surface area contributed by atoms with Gasteiger partial charge in [0.15, 0.2) is 0 Å².